The maximum Gasteiger partial charge on any atom is 0.271 e. The minimum atomic E-state index is -0.150. The number of hydrogen-bond donors (Lipinski definition) is 2. The van der Waals surface area contributed by atoms with Gasteiger partial charge in [-0.2, -0.15) is 0 Å². The second-order valence-corrected chi connectivity index (χ2v) is 6.03. The molecule has 1 atom stereocenters. The van der Waals surface area contributed by atoms with Gasteiger partial charge in [0.2, 0.25) is 0 Å². The van der Waals surface area contributed by atoms with Crippen LogP contribution in [-0.2, 0) is 6.54 Å². The monoisotopic (exact) mass is 303 g/mol. The Morgan fingerprint density at radius 3 is 3.00 bits per heavy atom. The van der Waals surface area contributed by atoms with Crippen LogP contribution in [0.1, 0.15) is 52.4 Å². The van der Waals surface area contributed by atoms with Crippen molar-refractivity contribution in [3.05, 3.63) is 51.5 Å². The van der Waals surface area contributed by atoms with Crippen LogP contribution < -0.4 is 11.1 Å². The summed E-state index contributed by atoms with van der Waals surface area (Å²) in [5.74, 6) is -0.150. The molecule has 0 aliphatic carbocycles. The molecule has 0 radical (unpaired) electrons. The first-order valence-electron chi connectivity index (χ1n) is 7.15. The van der Waals surface area contributed by atoms with E-state index in [1.54, 1.807) is 5.38 Å². The number of aryl methyl sites for hydroxylation is 1. The summed E-state index contributed by atoms with van der Waals surface area (Å²) in [7, 11) is 0. The Morgan fingerprint density at radius 1 is 1.48 bits per heavy atom. The Kier molecular flexibility index (Phi) is 5.47. The summed E-state index contributed by atoms with van der Waals surface area (Å²) in [6.45, 7) is 4.63. The first-order valence-corrected chi connectivity index (χ1v) is 8.03. The van der Waals surface area contributed by atoms with Gasteiger partial charge in [0.25, 0.3) is 5.91 Å². The number of carbonyl (C=O) groups is 1. The third-order valence-electron chi connectivity index (χ3n) is 3.21. The van der Waals surface area contributed by atoms with Crippen LogP contribution in [0, 0.1) is 6.92 Å². The highest BCUT2D eigenvalue weighted by Gasteiger charge is 2.14. The van der Waals surface area contributed by atoms with Crippen molar-refractivity contribution in [1.29, 1.82) is 0 Å². The highest BCUT2D eigenvalue weighted by atomic mass is 32.1. The van der Waals surface area contributed by atoms with Gasteiger partial charge >= 0.3 is 0 Å². The number of thiazole rings is 1. The number of aromatic nitrogens is 1. The van der Waals surface area contributed by atoms with Crippen LogP contribution in [0.25, 0.3) is 0 Å². The largest absolute Gasteiger partial charge is 0.347 e. The van der Waals surface area contributed by atoms with Crippen LogP contribution >= 0.6 is 11.3 Å². The second kappa shape index (κ2) is 7.33. The van der Waals surface area contributed by atoms with Gasteiger partial charge in [0, 0.05) is 11.9 Å². The predicted molar refractivity (Wildman–Crippen MR) is 86.3 cm³/mol. The molecule has 1 heterocycles. The second-order valence-electron chi connectivity index (χ2n) is 5.14. The zero-order valence-electron chi connectivity index (χ0n) is 12.4. The number of hydrogen-bond acceptors (Lipinski definition) is 4. The van der Waals surface area contributed by atoms with Gasteiger partial charge in [-0.1, -0.05) is 43.2 Å². The third-order valence-corrected chi connectivity index (χ3v) is 4.18. The van der Waals surface area contributed by atoms with Crippen LogP contribution in [-0.4, -0.2) is 10.9 Å². The van der Waals surface area contributed by atoms with E-state index in [-0.39, 0.29) is 11.9 Å². The van der Waals surface area contributed by atoms with E-state index in [0.29, 0.717) is 12.2 Å². The summed E-state index contributed by atoms with van der Waals surface area (Å²) in [5.41, 5.74) is 8.74. The molecule has 1 amide bonds. The van der Waals surface area contributed by atoms with Gasteiger partial charge in [0.15, 0.2) is 0 Å². The van der Waals surface area contributed by atoms with Crippen molar-refractivity contribution in [2.24, 2.45) is 5.73 Å². The van der Waals surface area contributed by atoms with Crippen molar-refractivity contribution in [2.45, 2.75) is 39.3 Å². The van der Waals surface area contributed by atoms with Crippen LogP contribution in [0.3, 0.4) is 0 Å². The Balaban J connectivity index is 1.94. The van der Waals surface area contributed by atoms with E-state index in [1.165, 1.54) is 16.9 Å². The Labute approximate surface area is 129 Å². The first kappa shape index (κ1) is 15.7. The Bertz CT molecular complexity index is 609. The van der Waals surface area contributed by atoms with E-state index in [9.17, 15) is 4.79 Å². The summed E-state index contributed by atoms with van der Waals surface area (Å²) in [5, 5.41) is 5.50. The summed E-state index contributed by atoms with van der Waals surface area (Å²) in [6, 6.07) is 8.01. The smallest absolute Gasteiger partial charge is 0.271 e. The number of benzene rings is 1. The summed E-state index contributed by atoms with van der Waals surface area (Å²) >= 11 is 1.45. The van der Waals surface area contributed by atoms with E-state index in [1.807, 2.05) is 25.1 Å². The van der Waals surface area contributed by atoms with Crippen molar-refractivity contribution in [3.63, 3.8) is 0 Å². The van der Waals surface area contributed by atoms with Gasteiger partial charge in [0.1, 0.15) is 10.7 Å². The predicted octanol–water partition coefficient (Wildman–Crippen LogP) is 3.18. The molecule has 4 nitrogen and oxygen atoms in total. The fourth-order valence-electron chi connectivity index (χ4n) is 2.09. The van der Waals surface area contributed by atoms with Crippen molar-refractivity contribution < 1.29 is 4.79 Å². The zero-order chi connectivity index (χ0) is 15.2. The molecule has 21 heavy (non-hydrogen) atoms. The molecule has 0 spiro atoms. The van der Waals surface area contributed by atoms with Crippen LogP contribution in [0.5, 0.6) is 0 Å². The number of nitrogens with two attached hydrogens (primary N) is 1. The molecule has 0 saturated heterocycles. The van der Waals surface area contributed by atoms with Crippen molar-refractivity contribution in [2.75, 3.05) is 0 Å². The van der Waals surface area contributed by atoms with E-state index in [0.717, 1.165) is 23.4 Å². The van der Waals surface area contributed by atoms with Gasteiger partial charge in [-0.15, -0.1) is 11.3 Å². The van der Waals surface area contributed by atoms with Gasteiger partial charge in [0.05, 0.1) is 6.04 Å². The summed E-state index contributed by atoms with van der Waals surface area (Å²) in [4.78, 5) is 16.4. The Hall–Kier alpha value is -1.72. The highest BCUT2D eigenvalue weighted by Crippen LogP contribution is 2.20. The fraction of sp³-hybridized carbons (Fsp3) is 0.375. The van der Waals surface area contributed by atoms with E-state index in [2.05, 4.69) is 23.3 Å². The molecule has 0 saturated carbocycles. The average Bonchev–Trinajstić information content (AvgIpc) is 2.95. The number of amides is 1. The third kappa shape index (κ3) is 4.37. The van der Waals surface area contributed by atoms with Gasteiger partial charge in [-0.25, -0.2) is 4.98 Å². The van der Waals surface area contributed by atoms with Gasteiger partial charge < -0.3 is 11.1 Å². The zero-order valence-corrected chi connectivity index (χ0v) is 13.2. The lowest BCUT2D eigenvalue weighted by Crippen LogP contribution is -2.23. The van der Waals surface area contributed by atoms with Crippen LogP contribution in [0.2, 0.25) is 0 Å². The molecule has 0 fully saturated rings. The van der Waals surface area contributed by atoms with E-state index < -0.39 is 0 Å². The highest BCUT2D eigenvalue weighted by molar-refractivity contribution is 7.09. The maximum atomic E-state index is 12.1. The molecule has 0 aliphatic heterocycles. The van der Waals surface area contributed by atoms with Crippen molar-refractivity contribution in [1.82, 2.24) is 10.3 Å². The summed E-state index contributed by atoms with van der Waals surface area (Å²) < 4.78 is 0. The molecular formula is C16H21N3OS. The molecule has 2 aromatic rings. The van der Waals surface area contributed by atoms with Crippen molar-refractivity contribution >= 4 is 17.2 Å². The fourth-order valence-corrected chi connectivity index (χ4v) is 2.93. The van der Waals surface area contributed by atoms with Gasteiger partial charge in [-0.3, -0.25) is 4.79 Å². The van der Waals surface area contributed by atoms with Crippen molar-refractivity contribution in [3.8, 4) is 0 Å². The standard InChI is InChI=1S/C16H21N3OS/c1-3-5-13(17)16-19-14(10-21-16)15(20)18-9-12-7-4-6-11(2)8-12/h4,6-8,10,13H,3,5,9,17H2,1-2H3,(H,18,20). The van der Waals surface area contributed by atoms with E-state index >= 15 is 0 Å². The number of rotatable bonds is 6. The molecule has 3 N–H and O–H groups in total. The molecular weight excluding hydrogens is 282 g/mol. The Morgan fingerprint density at radius 2 is 2.29 bits per heavy atom. The molecule has 0 bridgehead atoms. The molecule has 0 aliphatic rings. The maximum absolute atomic E-state index is 12.1. The molecule has 1 unspecified atom stereocenters. The number of nitrogens with one attached hydrogen (secondary N) is 1. The normalized spacial score (nSPS) is 12.1. The lowest BCUT2D eigenvalue weighted by atomic mass is 10.1. The topological polar surface area (TPSA) is 68.0 Å². The SMILES string of the molecule is CCCC(N)c1nc(C(=O)NCc2cccc(C)c2)cs1. The minimum Gasteiger partial charge on any atom is -0.347 e. The molecule has 1 aromatic heterocycles. The lowest BCUT2D eigenvalue weighted by Gasteiger charge is -2.06. The number of carbonyl (C=O) groups excluding carboxylic acids is 1. The van der Waals surface area contributed by atoms with E-state index in [4.69, 9.17) is 5.73 Å². The van der Waals surface area contributed by atoms with Crippen LogP contribution in [0.15, 0.2) is 29.6 Å². The number of nitrogens with zero attached hydrogens (tertiary/aromatic N) is 1. The lowest BCUT2D eigenvalue weighted by molar-refractivity contribution is 0.0946. The molecule has 112 valence electrons. The van der Waals surface area contributed by atoms with Crippen LogP contribution in [0.4, 0.5) is 0 Å². The first-order chi connectivity index (χ1) is 10.1. The molecule has 5 heteroatoms. The quantitative estimate of drug-likeness (QED) is 0.861. The minimum absolute atomic E-state index is 0.0710. The average molecular weight is 303 g/mol. The molecule has 1 aromatic carbocycles. The van der Waals surface area contributed by atoms with Gasteiger partial charge in [-0.05, 0) is 18.9 Å². The summed E-state index contributed by atoms with van der Waals surface area (Å²) in [6.07, 6.45) is 1.90. The molecule has 2 rings (SSSR count).